The van der Waals surface area contributed by atoms with Crippen molar-refractivity contribution in [1.82, 2.24) is 0 Å². The molecule has 0 heterocycles. The van der Waals surface area contributed by atoms with E-state index in [0.717, 1.165) is 50.2 Å². The Bertz CT molecular complexity index is 616. The summed E-state index contributed by atoms with van der Waals surface area (Å²) in [7, 11) is 0. The van der Waals surface area contributed by atoms with Crippen LogP contribution in [0.2, 0.25) is 0 Å². The number of esters is 1. The summed E-state index contributed by atoms with van der Waals surface area (Å²) in [6, 6.07) is 8.02. The van der Waals surface area contributed by atoms with Crippen LogP contribution in [0.1, 0.15) is 96.0 Å². The highest BCUT2D eigenvalue weighted by Crippen LogP contribution is 2.15. The minimum atomic E-state index is -0.116. The van der Waals surface area contributed by atoms with Gasteiger partial charge in [-0.05, 0) is 37.0 Å². The fraction of sp³-hybridized carbons (Fsp3) is 0.690. The van der Waals surface area contributed by atoms with E-state index in [1.54, 1.807) is 0 Å². The van der Waals surface area contributed by atoms with Gasteiger partial charge in [0.1, 0.15) is 12.4 Å². The Morgan fingerprint density at radius 1 is 0.765 bits per heavy atom. The lowest BCUT2D eigenvalue weighted by Gasteiger charge is -2.07. The van der Waals surface area contributed by atoms with Gasteiger partial charge in [-0.25, -0.2) is 0 Å². The van der Waals surface area contributed by atoms with Gasteiger partial charge in [0.25, 0.3) is 0 Å². The highest BCUT2D eigenvalue weighted by atomic mass is 16.6. The summed E-state index contributed by atoms with van der Waals surface area (Å²) in [6.07, 6.45) is 16.4. The molecule has 34 heavy (non-hydrogen) atoms. The fourth-order valence-corrected chi connectivity index (χ4v) is 3.59. The summed E-state index contributed by atoms with van der Waals surface area (Å²) in [5.41, 5.74) is 1.09. The van der Waals surface area contributed by atoms with E-state index in [1.165, 1.54) is 51.4 Å². The Morgan fingerprint density at radius 2 is 1.38 bits per heavy atom. The first-order valence-corrected chi connectivity index (χ1v) is 13.4. The van der Waals surface area contributed by atoms with Crippen molar-refractivity contribution in [2.75, 3.05) is 39.6 Å². The van der Waals surface area contributed by atoms with E-state index in [9.17, 15) is 4.79 Å². The zero-order chi connectivity index (χ0) is 24.5. The summed E-state index contributed by atoms with van der Waals surface area (Å²) < 4.78 is 22.0. The predicted molar refractivity (Wildman–Crippen MR) is 140 cm³/mol. The van der Waals surface area contributed by atoms with E-state index in [0.29, 0.717) is 32.8 Å². The number of hydrogen-bond acceptors (Lipinski definition) is 5. The van der Waals surface area contributed by atoms with Gasteiger partial charge >= 0.3 is 5.97 Å². The van der Waals surface area contributed by atoms with E-state index in [-0.39, 0.29) is 5.97 Å². The van der Waals surface area contributed by atoms with Crippen molar-refractivity contribution in [3.8, 4) is 5.75 Å². The van der Waals surface area contributed by atoms with Crippen molar-refractivity contribution in [2.24, 2.45) is 0 Å². The summed E-state index contributed by atoms with van der Waals surface area (Å²) in [5.74, 6) is 0.802. The Kier molecular flexibility index (Phi) is 20.3. The van der Waals surface area contributed by atoms with Crippen molar-refractivity contribution in [3.63, 3.8) is 0 Å². The van der Waals surface area contributed by atoms with Crippen LogP contribution in [0.25, 0.3) is 6.08 Å². The number of unbranched alkanes of at least 4 members (excludes halogenated alkanes) is 10. The van der Waals surface area contributed by atoms with Gasteiger partial charge in [0.2, 0.25) is 0 Å². The number of hydrogen-bond donors (Lipinski definition) is 0. The molecule has 1 aromatic carbocycles. The van der Waals surface area contributed by atoms with Crippen LogP contribution in [0.5, 0.6) is 5.75 Å². The topological polar surface area (TPSA) is 54.0 Å². The standard InChI is InChI=1S/C29H48O5/c1-3-5-6-14-20-31-22-23-32-24-25-34-29(30)19-13-11-9-7-8-10-12-15-21-33-28-18-16-17-27(4-2)26-28/h4,16-18,26H,2-3,5-15,19-25H2,1H3. The summed E-state index contributed by atoms with van der Waals surface area (Å²) in [4.78, 5) is 11.8. The minimum absolute atomic E-state index is 0.116. The van der Waals surface area contributed by atoms with Gasteiger partial charge in [0.05, 0.1) is 26.4 Å². The van der Waals surface area contributed by atoms with E-state index < -0.39 is 0 Å². The van der Waals surface area contributed by atoms with Crippen LogP contribution < -0.4 is 4.74 Å². The molecule has 0 atom stereocenters. The second-order valence-corrected chi connectivity index (χ2v) is 8.71. The van der Waals surface area contributed by atoms with Crippen molar-refractivity contribution >= 4 is 12.0 Å². The van der Waals surface area contributed by atoms with Crippen molar-refractivity contribution in [2.45, 2.75) is 90.4 Å². The molecule has 0 saturated heterocycles. The molecule has 0 aliphatic rings. The second kappa shape index (κ2) is 22.9. The normalized spacial score (nSPS) is 10.9. The van der Waals surface area contributed by atoms with Crippen molar-refractivity contribution in [3.05, 3.63) is 36.4 Å². The maximum absolute atomic E-state index is 11.8. The molecule has 0 aliphatic heterocycles. The smallest absolute Gasteiger partial charge is 0.305 e. The van der Waals surface area contributed by atoms with Crippen LogP contribution in [-0.4, -0.2) is 45.6 Å². The number of ether oxygens (including phenoxy) is 4. The molecule has 0 unspecified atom stereocenters. The monoisotopic (exact) mass is 476 g/mol. The third-order valence-electron chi connectivity index (χ3n) is 5.64. The molecule has 194 valence electrons. The second-order valence-electron chi connectivity index (χ2n) is 8.71. The number of carbonyl (C=O) groups is 1. The molecule has 5 nitrogen and oxygen atoms in total. The van der Waals surface area contributed by atoms with Crippen LogP contribution in [0.4, 0.5) is 0 Å². The largest absolute Gasteiger partial charge is 0.494 e. The molecule has 0 radical (unpaired) electrons. The van der Waals surface area contributed by atoms with Crippen LogP contribution >= 0.6 is 0 Å². The first-order valence-electron chi connectivity index (χ1n) is 13.4. The van der Waals surface area contributed by atoms with Gasteiger partial charge < -0.3 is 18.9 Å². The molecule has 0 bridgehead atoms. The molecule has 0 saturated carbocycles. The van der Waals surface area contributed by atoms with Crippen molar-refractivity contribution in [1.29, 1.82) is 0 Å². The average molecular weight is 477 g/mol. The Hall–Kier alpha value is -1.85. The molecule has 0 fully saturated rings. The zero-order valence-electron chi connectivity index (χ0n) is 21.6. The Balaban J connectivity index is 1.77. The lowest BCUT2D eigenvalue weighted by molar-refractivity contribution is -0.145. The first kappa shape index (κ1) is 30.2. The highest BCUT2D eigenvalue weighted by Gasteiger charge is 2.03. The SMILES string of the molecule is C=Cc1cccc(OCCCCCCCCCCC(=O)OCCOCCOCCCCCC)c1. The molecule has 0 N–H and O–H groups in total. The van der Waals surface area contributed by atoms with Gasteiger partial charge in [0, 0.05) is 13.0 Å². The van der Waals surface area contributed by atoms with Crippen LogP contribution in [0.3, 0.4) is 0 Å². The summed E-state index contributed by atoms with van der Waals surface area (Å²) in [6.45, 7) is 9.50. The highest BCUT2D eigenvalue weighted by molar-refractivity contribution is 5.69. The van der Waals surface area contributed by atoms with Crippen LogP contribution in [-0.2, 0) is 19.0 Å². The maximum Gasteiger partial charge on any atom is 0.305 e. The van der Waals surface area contributed by atoms with E-state index in [4.69, 9.17) is 18.9 Å². The van der Waals surface area contributed by atoms with Crippen LogP contribution in [0.15, 0.2) is 30.8 Å². The van der Waals surface area contributed by atoms with Gasteiger partial charge in [-0.3, -0.25) is 4.79 Å². The van der Waals surface area contributed by atoms with E-state index in [1.807, 2.05) is 30.3 Å². The zero-order valence-corrected chi connectivity index (χ0v) is 21.6. The van der Waals surface area contributed by atoms with E-state index >= 15 is 0 Å². The quantitative estimate of drug-likeness (QED) is 0.115. The van der Waals surface area contributed by atoms with E-state index in [2.05, 4.69) is 13.5 Å². The molecule has 0 spiro atoms. The lowest BCUT2D eigenvalue weighted by atomic mass is 10.1. The van der Waals surface area contributed by atoms with Gasteiger partial charge in [0.15, 0.2) is 0 Å². The molecule has 5 heteroatoms. The third kappa shape index (κ3) is 18.6. The molecular formula is C29H48O5. The lowest BCUT2D eigenvalue weighted by Crippen LogP contribution is -2.13. The molecule has 0 aromatic heterocycles. The molecule has 1 aromatic rings. The number of carbonyl (C=O) groups excluding carboxylic acids is 1. The maximum atomic E-state index is 11.8. The Labute approximate surface area is 208 Å². The molecular weight excluding hydrogens is 428 g/mol. The van der Waals surface area contributed by atoms with Gasteiger partial charge in [-0.15, -0.1) is 0 Å². The van der Waals surface area contributed by atoms with Gasteiger partial charge in [-0.1, -0.05) is 89.5 Å². The average Bonchev–Trinajstić information content (AvgIpc) is 2.86. The third-order valence-corrected chi connectivity index (χ3v) is 5.64. The molecule has 1 rings (SSSR count). The van der Waals surface area contributed by atoms with Crippen LogP contribution in [0, 0.1) is 0 Å². The molecule has 0 aliphatic carbocycles. The summed E-state index contributed by atoms with van der Waals surface area (Å²) >= 11 is 0. The minimum Gasteiger partial charge on any atom is -0.494 e. The number of benzene rings is 1. The predicted octanol–water partition coefficient (Wildman–Crippen LogP) is 7.38. The fourth-order valence-electron chi connectivity index (χ4n) is 3.59. The van der Waals surface area contributed by atoms with Crippen molar-refractivity contribution < 1.29 is 23.7 Å². The summed E-state index contributed by atoms with van der Waals surface area (Å²) in [5, 5.41) is 0. The number of rotatable bonds is 24. The Morgan fingerprint density at radius 3 is 2.12 bits per heavy atom. The van der Waals surface area contributed by atoms with Gasteiger partial charge in [-0.2, -0.15) is 0 Å². The first-order chi connectivity index (χ1) is 16.8. The molecule has 0 amide bonds.